The molecule has 0 saturated heterocycles. The standard InChI is InChI=1S/C21H18F2N2O4S/c1-2-29-17-8-5-15(6-9-17)25-30(27,28)18-10-3-14(4-11-18)21(26)24-16-7-12-19(22)20(23)13-16/h3-13,25H,2H2,1H3,(H,24,26). The number of hydrogen-bond acceptors (Lipinski definition) is 4. The molecule has 6 nitrogen and oxygen atoms in total. The van der Waals surface area contributed by atoms with Crippen LogP contribution in [0.2, 0.25) is 0 Å². The maximum absolute atomic E-state index is 13.2. The van der Waals surface area contributed by atoms with Gasteiger partial charge in [-0.2, -0.15) is 0 Å². The minimum atomic E-state index is -3.86. The summed E-state index contributed by atoms with van der Waals surface area (Å²) in [4.78, 5) is 12.2. The van der Waals surface area contributed by atoms with Crippen molar-refractivity contribution < 1.29 is 26.7 Å². The number of benzene rings is 3. The van der Waals surface area contributed by atoms with Gasteiger partial charge in [-0.1, -0.05) is 0 Å². The number of ether oxygens (including phenoxy) is 1. The van der Waals surface area contributed by atoms with Crippen molar-refractivity contribution in [1.82, 2.24) is 0 Å². The Bertz CT molecular complexity index is 1150. The predicted molar refractivity (Wildman–Crippen MR) is 109 cm³/mol. The van der Waals surface area contributed by atoms with Crippen LogP contribution in [0.3, 0.4) is 0 Å². The van der Waals surface area contributed by atoms with Gasteiger partial charge in [0.15, 0.2) is 11.6 Å². The average molecular weight is 432 g/mol. The summed E-state index contributed by atoms with van der Waals surface area (Å²) in [6, 6.07) is 14.6. The molecule has 0 spiro atoms. The second kappa shape index (κ2) is 8.91. The molecule has 3 aromatic carbocycles. The van der Waals surface area contributed by atoms with E-state index in [1.807, 2.05) is 6.92 Å². The molecule has 0 aliphatic rings. The molecular formula is C21H18F2N2O4S. The first kappa shape index (κ1) is 21.3. The van der Waals surface area contributed by atoms with E-state index in [1.165, 1.54) is 30.3 Å². The van der Waals surface area contributed by atoms with Crippen LogP contribution in [0.1, 0.15) is 17.3 Å². The minimum Gasteiger partial charge on any atom is -0.494 e. The second-order valence-electron chi connectivity index (χ2n) is 6.17. The lowest BCUT2D eigenvalue weighted by Gasteiger charge is -2.10. The molecule has 0 aliphatic heterocycles. The molecule has 0 heterocycles. The largest absolute Gasteiger partial charge is 0.494 e. The summed E-state index contributed by atoms with van der Waals surface area (Å²) in [5, 5.41) is 2.42. The summed E-state index contributed by atoms with van der Waals surface area (Å²) in [7, 11) is -3.86. The van der Waals surface area contributed by atoms with Gasteiger partial charge in [0, 0.05) is 23.0 Å². The first-order valence-electron chi connectivity index (χ1n) is 8.90. The molecule has 0 saturated carbocycles. The molecule has 3 rings (SSSR count). The quantitative estimate of drug-likeness (QED) is 0.579. The Morgan fingerprint density at radius 3 is 2.13 bits per heavy atom. The molecule has 1 amide bonds. The van der Waals surface area contributed by atoms with Gasteiger partial charge in [-0.25, -0.2) is 17.2 Å². The molecular weight excluding hydrogens is 414 g/mol. The molecule has 0 atom stereocenters. The third-order valence-electron chi connectivity index (χ3n) is 4.02. The van der Waals surface area contributed by atoms with Crippen LogP contribution in [-0.4, -0.2) is 20.9 Å². The van der Waals surface area contributed by atoms with E-state index in [0.29, 0.717) is 18.0 Å². The molecule has 0 bridgehead atoms. The normalized spacial score (nSPS) is 11.0. The third kappa shape index (κ3) is 5.12. The summed E-state index contributed by atoms with van der Waals surface area (Å²) in [6.45, 7) is 2.35. The predicted octanol–water partition coefficient (Wildman–Crippen LogP) is 4.42. The molecule has 3 aromatic rings. The van der Waals surface area contributed by atoms with E-state index in [4.69, 9.17) is 4.74 Å². The van der Waals surface area contributed by atoms with Crippen LogP contribution in [0.25, 0.3) is 0 Å². The summed E-state index contributed by atoms with van der Waals surface area (Å²) >= 11 is 0. The van der Waals surface area contributed by atoms with Crippen molar-refractivity contribution >= 4 is 27.3 Å². The van der Waals surface area contributed by atoms with Crippen molar-refractivity contribution in [2.24, 2.45) is 0 Å². The highest BCUT2D eigenvalue weighted by Gasteiger charge is 2.16. The Morgan fingerprint density at radius 1 is 0.900 bits per heavy atom. The monoisotopic (exact) mass is 432 g/mol. The summed E-state index contributed by atoms with van der Waals surface area (Å²) in [5.41, 5.74) is 0.589. The Hall–Kier alpha value is -3.46. The highest BCUT2D eigenvalue weighted by molar-refractivity contribution is 7.92. The molecule has 0 unspecified atom stereocenters. The van der Waals surface area contributed by atoms with Gasteiger partial charge in [0.25, 0.3) is 15.9 Å². The van der Waals surface area contributed by atoms with Gasteiger partial charge >= 0.3 is 0 Å². The molecule has 0 aliphatic carbocycles. The smallest absolute Gasteiger partial charge is 0.261 e. The first-order chi connectivity index (χ1) is 14.3. The van der Waals surface area contributed by atoms with Crippen molar-refractivity contribution in [2.75, 3.05) is 16.6 Å². The highest BCUT2D eigenvalue weighted by atomic mass is 32.2. The Morgan fingerprint density at radius 2 is 1.53 bits per heavy atom. The fourth-order valence-corrected chi connectivity index (χ4v) is 3.62. The third-order valence-corrected chi connectivity index (χ3v) is 5.42. The SMILES string of the molecule is CCOc1ccc(NS(=O)(=O)c2ccc(C(=O)Nc3ccc(F)c(F)c3)cc2)cc1. The zero-order valence-electron chi connectivity index (χ0n) is 15.9. The van der Waals surface area contributed by atoms with E-state index in [1.54, 1.807) is 24.3 Å². The summed E-state index contributed by atoms with van der Waals surface area (Å²) in [6.07, 6.45) is 0. The van der Waals surface area contributed by atoms with Gasteiger partial charge < -0.3 is 10.1 Å². The number of halogens is 2. The number of sulfonamides is 1. The fourth-order valence-electron chi connectivity index (χ4n) is 2.56. The minimum absolute atomic E-state index is 0.0410. The maximum atomic E-state index is 13.2. The van der Waals surface area contributed by atoms with E-state index in [9.17, 15) is 22.0 Å². The van der Waals surface area contributed by atoms with Crippen LogP contribution in [0.15, 0.2) is 71.6 Å². The fraction of sp³-hybridized carbons (Fsp3) is 0.0952. The van der Waals surface area contributed by atoms with Crippen molar-refractivity contribution in [3.63, 3.8) is 0 Å². The summed E-state index contributed by atoms with van der Waals surface area (Å²) < 4.78 is 59.0. The van der Waals surface area contributed by atoms with Gasteiger partial charge in [-0.15, -0.1) is 0 Å². The zero-order chi connectivity index (χ0) is 21.7. The number of rotatable bonds is 7. The zero-order valence-corrected chi connectivity index (χ0v) is 16.7. The lowest BCUT2D eigenvalue weighted by molar-refractivity contribution is 0.102. The van der Waals surface area contributed by atoms with Crippen molar-refractivity contribution in [2.45, 2.75) is 11.8 Å². The lowest BCUT2D eigenvalue weighted by Crippen LogP contribution is -2.15. The van der Waals surface area contributed by atoms with Gasteiger partial charge in [-0.05, 0) is 67.6 Å². The van der Waals surface area contributed by atoms with Crippen LogP contribution < -0.4 is 14.8 Å². The van der Waals surface area contributed by atoms with Crippen LogP contribution >= 0.6 is 0 Å². The van der Waals surface area contributed by atoms with Gasteiger partial charge in [0.1, 0.15) is 5.75 Å². The molecule has 0 fully saturated rings. The number of carbonyl (C=O) groups excluding carboxylic acids is 1. The van der Waals surface area contributed by atoms with E-state index < -0.39 is 27.6 Å². The lowest BCUT2D eigenvalue weighted by atomic mass is 10.2. The molecule has 9 heteroatoms. The highest BCUT2D eigenvalue weighted by Crippen LogP contribution is 2.20. The van der Waals surface area contributed by atoms with E-state index in [-0.39, 0.29) is 16.1 Å². The Labute approximate surface area is 172 Å². The van der Waals surface area contributed by atoms with Crippen molar-refractivity contribution in [3.05, 3.63) is 83.9 Å². The number of anilines is 2. The average Bonchev–Trinajstić information content (AvgIpc) is 2.72. The van der Waals surface area contributed by atoms with E-state index >= 15 is 0 Å². The maximum Gasteiger partial charge on any atom is 0.261 e. The number of carbonyl (C=O) groups is 1. The van der Waals surface area contributed by atoms with Crippen LogP contribution in [0, 0.1) is 11.6 Å². The first-order valence-corrected chi connectivity index (χ1v) is 10.4. The number of nitrogens with one attached hydrogen (secondary N) is 2. The van der Waals surface area contributed by atoms with Gasteiger partial charge in [0.2, 0.25) is 0 Å². The second-order valence-corrected chi connectivity index (χ2v) is 7.85. The molecule has 0 radical (unpaired) electrons. The number of hydrogen-bond donors (Lipinski definition) is 2. The van der Waals surface area contributed by atoms with Crippen LogP contribution in [-0.2, 0) is 10.0 Å². The van der Waals surface area contributed by atoms with Crippen molar-refractivity contribution in [3.8, 4) is 5.75 Å². The van der Waals surface area contributed by atoms with Crippen molar-refractivity contribution in [1.29, 1.82) is 0 Å². The van der Waals surface area contributed by atoms with Gasteiger partial charge in [0.05, 0.1) is 11.5 Å². The van der Waals surface area contributed by atoms with E-state index in [2.05, 4.69) is 10.0 Å². The molecule has 156 valence electrons. The Balaban J connectivity index is 1.70. The molecule has 0 aromatic heterocycles. The molecule has 30 heavy (non-hydrogen) atoms. The molecule has 2 N–H and O–H groups in total. The van der Waals surface area contributed by atoms with Crippen LogP contribution in [0.4, 0.5) is 20.2 Å². The van der Waals surface area contributed by atoms with E-state index in [0.717, 1.165) is 12.1 Å². The summed E-state index contributed by atoms with van der Waals surface area (Å²) in [5.74, 6) is -2.08. The topological polar surface area (TPSA) is 84.5 Å². The number of amides is 1. The Kier molecular flexibility index (Phi) is 6.31. The van der Waals surface area contributed by atoms with Crippen LogP contribution in [0.5, 0.6) is 5.75 Å². The van der Waals surface area contributed by atoms with Gasteiger partial charge in [-0.3, -0.25) is 9.52 Å².